The van der Waals surface area contributed by atoms with Crippen LogP contribution in [-0.4, -0.2) is 11.1 Å². The van der Waals surface area contributed by atoms with Gasteiger partial charge in [0.2, 0.25) is 0 Å². The molecule has 0 fully saturated rings. The predicted molar refractivity (Wildman–Crippen MR) is 33.7 cm³/mol. The van der Waals surface area contributed by atoms with Gasteiger partial charge in [0.15, 0.2) is 0 Å². The van der Waals surface area contributed by atoms with Crippen LogP contribution in [0.15, 0.2) is 23.1 Å². The molecule has 0 bridgehead atoms. The molecule has 0 amide bonds. The Morgan fingerprint density at radius 2 is 1.78 bits per heavy atom. The molecule has 0 spiro atoms. The molecule has 0 radical (unpaired) electrons. The van der Waals surface area contributed by atoms with Crippen LogP contribution >= 0.6 is 0 Å². The first-order chi connectivity index (χ1) is 4.15. The number of carboxylic acid groups (broad SMARTS) is 1. The second-order valence-corrected chi connectivity index (χ2v) is 1.95. The van der Waals surface area contributed by atoms with Gasteiger partial charge in [-0.05, 0) is 0 Å². The van der Waals surface area contributed by atoms with Crippen molar-refractivity contribution in [3.05, 3.63) is 23.1 Å². The average molecular weight is 178 g/mol. The summed E-state index contributed by atoms with van der Waals surface area (Å²) in [5.74, 6) is -0.833. The summed E-state index contributed by atoms with van der Waals surface area (Å²) < 4.78 is 0. The molecule has 0 aromatic rings. The molecule has 0 saturated heterocycles. The van der Waals surface area contributed by atoms with Crippen molar-refractivity contribution in [1.82, 2.24) is 0 Å². The van der Waals surface area contributed by atoms with Gasteiger partial charge in [0.05, 0.1) is 0 Å². The fourth-order valence-corrected chi connectivity index (χ4v) is 0.207. The van der Waals surface area contributed by atoms with Gasteiger partial charge in [-0.25, -0.2) is 0 Å². The molecule has 0 aliphatic carbocycles. The van der Waals surface area contributed by atoms with Crippen molar-refractivity contribution in [2.24, 2.45) is 0 Å². The van der Waals surface area contributed by atoms with Crippen LogP contribution in [0.4, 0.5) is 0 Å². The number of hydrogen-bond donors (Lipinski definition) is 1. The summed E-state index contributed by atoms with van der Waals surface area (Å²) in [5, 5.41) is 7.42. The average Bonchev–Trinajstić information content (AvgIpc) is 1.66. The van der Waals surface area contributed by atoms with Crippen LogP contribution in [0.3, 0.4) is 0 Å². The summed E-state index contributed by atoms with van der Waals surface area (Å²) in [5.41, 5.74) is 0. The molecule has 2 nitrogen and oxygen atoms in total. The third-order valence-electron chi connectivity index (χ3n) is 0.142. The monoisotopic (exact) mass is 177 g/mol. The molecule has 0 saturated carbocycles. The molecule has 0 rings (SSSR count). The van der Waals surface area contributed by atoms with Crippen molar-refractivity contribution in [1.29, 1.82) is 0 Å². The van der Waals surface area contributed by atoms with Gasteiger partial charge in [0, 0.05) is 6.92 Å². The molecule has 1 N–H and O–H groups in total. The van der Waals surface area contributed by atoms with E-state index in [9.17, 15) is 0 Å². The quantitative estimate of drug-likeness (QED) is 0.649. The molecular formula is C6H10CuO2. The fraction of sp³-hybridized carbons (Fsp3) is 0.167. The zero-order chi connectivity index (χ0) is 7.70. The van der Waals surface area contributed by atoms with Crippen LogP contribution in [-0.2, 0) is 19.8 Å². The summed E-state index contributed by atoms with van der Waals surface area (Å²) in [6.07, 6.45) is 0. The molecule has 3 heteroatoms. The van der Waals surface area contributed by atoms with Crippen LogP contribution in [0.1, 0.15) is 6.92 Å². The van der Waals surface area contributed by atoms with Crippen molar-refractivity contribution < 1.29 is 24.9 Å². The van der Waals surface area contributed by atoms with Gasteiger partial charge >= 0.3 is 38.1 Å². The van der Waals surface area contributed by atoms with Crippen molar-refractivity contribution in [3.63, 3.8) is 0 Å². The summed E-state index contributed by atoms with van der Waals surface area (Å²) in [4.78, 5) is 12.4. The molecule has 0 aromatic carbocycles. The van der Waals surface area contributed by atoms with Crippen LogP contribution in [0.2, 0.25) is 0 Å². The minimum Gasteiger partial charge on any atom is -0.481 e. The summed E-state index contributed by atoms with van der Waals surface area (Å²) in [6.45, 7) is 7.96. The van der Waals surface area contributed by atoms with Gasteiger partial charge in [-0.1, -0.05) is 0 Å². The van der Waals surface area contributed by atoms with E-state index < -0.39 is 5.97 Å². The van der Waals surface area contributed by atoms with E-state index in [1.807, 2.05) is 0 Å². The molecule has 0 aromatic heterocycles. The number of aliphatic carboxylic acids is 1. The van der Waals surface area contributed by atoms with Gasteiger partial charge in [-0.3, -0.25) is 4.79 Å². The zero-order valence-electron chi connectivity index (χ0n) is 5.23. The molecule has 0 aliphatic heterocycles. The van der Waals surface area contributed by atoms with Crippen molar-refractivity contribution >= 4 is 5.97 Å². The van der Waals surface area contributed by atoms with E-state index in [4.69, 9.17) is 9.90 Å². The third kappa shape index (κ3) is 103. The van der Waals surface area contributed by atoms with Crippen LogP contribution in [0.5, 0.6) is 0 Å². The van der Waals surface area contributed by atoms with Gasteiger partial charge < -0.3 is 5.11 Å². The van der Waals surface area contributed by atoms with Crippen LogP contribution in [0.25, 0.3) is 0 Å². The first kappa shape index (κ1) is 11.3. The first-order valence-corrected chi connectivity index (χ1v) is 3.18. The SMILES string of the molecule is C=[CH][Cu][CH]=C.CC(=O)O. The Bertz CT molecular complexity index is 89.2. The number of rotatable bonds is 2. The topological polar surface area (TPSA) is 37.3 Å². The van der Waals surface area contributed by atoms with E-state index in [0.29, 0.717) is 0 Å². The van der Waals surface area contributed by atoms with Gasteiger partial charge in [-0.15, -0.1) is 0 Å². The van der Waals surface area contributed by atoms with Gasteiger partial charge in [0.25, 0.3) is 5.97 Å². The van der Waals surface area contributed by atoms with E-state index >= 15 is 0 Å². The van der Waals surface area contributed by atoms with Gasteiger partial charge in [0.1, 0.15) is 0 Å². The third-order valence-corrected chi connectivity index (χ3v) is 0.586. The Hall–Kier alpha value is -0.531. The Balaban J connectivity index is 0. The second-order valence-electron chi connectivity index (χ2n) is 0.866. The number of hydrogen-bond acceptors (Lipinski definition) is 1. The standard InChI is InChI=1S/C2H4O2.2C2H3.Cu/c1-2(3)4;2*1-2;/h1H3,(H,3,4);2*1H,2H2;. The van der Waals surface area contributed by atoms with Crippen molar-refractivity contribution in [2.75, 3.05) is 0 Å². The summed E-state index contributed by atoms with van der Waals surface area (Å²) in [7, 11) is 0. The minimum atomic E-state index is -0.833. The van der Waals surface area contributed by atoms with Gasteiger partial charge in [-0.2, -0.15) is 0 Å². The molecule has 9 heavy (non-hydrogen) atoms. The van der Waals surface area contributed by atoms with E-state index in [1.54, 1.807) is 24.9 Å². The number of carboxylic acids is 1. The van der Waals surface area contributed by atoms with Crippen molar-refractivity contribution in [2.45, 2.75) is 6.92 Å². The Morgan fingerprint density at radius 1 is 1.56 bits per heavy atom. The zero-order valence-corrected chi connectivity index (χ0v) is 6.17. The molecule has 0 unspecified atom stereocenters. The normalized spacial score (nSPS) is 6.78. The maximum absolute atomic E-state index is 9.00. The minimum absolute atomic E-state index is 0.833. The predicted octanol–water partition coefficient (Wildman–Crippen LogP) is 1.45. The largest absolute Gasteiger partial charge is 0.481 e. The maximum atomic E-state index is 9.00. The molecule has 57 valence electrons. The number of carbonyl (C=O) groups is 1. The van der Waals surface area contributed by atoms with E-state index in [-0.39, 0.29) is 0 Å². The molecule has 0 aliphatic rings. The Morgan fingerprint density at radius 3 is 1.78 bits per heavy atom. The first-order valence-electron chi connectivity index (χ1n) is 2.09. The molecule has 0 heterocycles. The fourth-order valence-electron chi connectivity index (χ4n) is 0.0503. The molecular weight excluding hydrogens is 168 g/mol. The second kappa shape index (κ2) is 10.5. The van der Waals surface area contributed by atoms with E-state index in [0.717, 1.165) is 6.92 Å². The summed E-state index contributed by atoms with van der Waals surface area (Å²) in [6, 6.07) is 0. The molecule has 0 atom stereocenters. The van der Waals surface area contributed by atoms with Crippen molar-refractivity contribution in [3.8, 4) is 0 Å². The summed E-state index contributed by atoms with van der Waals surface area (Å²) >= 11 is 1.56. The smallest absolute Gasteiger partial charge is 0.300 e. The Labute approximate surface area is 61.4 Å². The van der Waals surface area contributed by atoms with Crippen LogP contribution < -0.4 is 0 Å². The van der Waals surface area contributed by atoms with E-state index in [2.05, 4.69) is 13.2 Å². The van der Waals surface area contributed by atoms with Crippen LogP contribution in [0, 0.1) is 0 Å². The maximum Gasteiger partial charge on any atom is 0.300 e. The Kier molecular flexibility index (Phi) is 13.1. The van der Waals surface area contributed by atoms with E-state index in [1.165, 1.54) is 0 Å².